The van der Waals surface area contributed by atoms with Crippen LogP contribution in [0.15, 0.2) is 0 Å². The van der Waals surface area contributed by atoms with E-state index in [2.05, 4.69) is 20.8 Å². The van der Waals surface area contributed by atoms with Crippen molar-refractivity contribution in [2.75, 3.05) is 38.2 Å². The largest absolute Gasteiger partial charge is 0.394 e. The molecule has 0 amide bonds. The van der Waals surface area contributed by atoms with E-state index in [1.807, 2.05) is 0 Å². The molecule has 0 atom stereocenters. The van der Waals surface area contributed by atoms with Crippen LogP contribution < -0.4 is 0 Å². The Morgan fingerprint density at radius 1 is 1.27 bits per heavy atom. The number of nitrogens with zero attached hydrogens (tertiary/aromatic N) is 1. The molecule has 1 aliphatic heterocycles. The first-order chi connectivity index (χ1) is 7.36. The molecule has 0 unspecified atom stereocenters. The van der Waals surface area contributed by atoms with E-state index in [0.29, 0.717) is 12.7 Å². The summed E-state index contributed by atoms with van der Waals surface area (Å²) in [5.41, 5.74) is 0. The Hall–Kier alpha value is 0.360. The van der Waals surface area contributed by atoms with Crippen LogP contribution in [0.2, 0.25) is 0 Å². The maximum Gasteiger partial charge on any atom is 0.0701 e. The first-order valence-electron chi connectivity index (χ1n) is 5.87. The van der Waals surface area contributed by atoms with Gasteiger partial charge in [-0.05, 0) is 32.2 Å². The molecule has 0 aromatic carbocycles. The van der Waals surface area contributed by atoms with Gasteiger partial charge in [0.05, 0.1) is 19.3 Å². The Balaban J connectivity index is 2.02. The highest BCUT2D eigenvalue weighted by molar-refractivity contribution is 9.09. The molecule has 3 nitrogen and oxygen atoms in total. The molecule has 0 aromatic heterocycles. The second-order valence-corrected chi connectivity index (χ2v) is 4.82. The summed E-state index contributed by atoms with van der Waals surface area (Å²) in [6, 6.07) is 0. The zero-order chi connectivity index (χ0) is 10.9. The number of hydrogen-bond donors (Lipinski definition) is 1. The molecule has 0 aliphatic carbocycles. The van der Waals surface area contributed by atoms with Gasteiger partial charge in [0.1, 0.15) is 0 Å². The molecule has 1 saturated heterocycles. The monoisotopic (exact) mass is 279 g/mol. The number of aliphatic hydroxyl groups is 1. The molecule has 15 heavy (non-hydrogen) atoms. The topological polar surface area (TPSA) is 32.7 Å². The lowest BCUT2D eigenvalue weighted by molar-refractivity contribution is -0.00780. The van der Waals surface area contributed by atoms with Crippen molar-refractivity contribution in [3.8, 4) is 0 Å². The first kappa shape index (κ1) is 13.4. The Bertz CT molecular complexity index is 150. The van der Waals surface area contributed by atoms with Gasteiger partial charge in [0, 0.05) is 18.4 Å². The number of alkyl halides is 1. The fourth-order valence-electron chi connectivity index (χ4n) is 1.95. The summed E-state index contributed by atoms with van der Waals surface area (Å²) in [4.78, 5) is 2.52. The lowest BCUT2D eigenvalue weighted by atomic mass is 10.1. The smallest absolute Gasteiger partial charge is 0.0701 e. The summed E-state index contributed by atoms with van der Waals surface area (Å²) in [5, 5.41) is 9.77. The van der Waals surface area contributed by atoms with Gasteiger partial charge < -0.3 is 14.7 Å². The molecule has 4 heteroatoms. The second-order valence-electron chi connectivity index (χ2n) is 4.03. The highest BCUT2D eigenvalue weighted by Crippen LogP contribution is 2.14. The zero-order valence-electron chi connectivity index (χ0n) is 9.33. The van der Waals surface area contributed by atoms with E-state index >= 15 is 0 Å². The molecule has 1 rings (SSSR count). The van der Waals surface area contributed by atoms with E-state index in [-0.39, 0.29) is 6.61 Å². The fraction of sp³-hybridized carbons (Fsp3) is 1.00. The lowest BCUT2D eigenvalue weighted by Crippen LogP contribution is -2.37. The van der Waals surface area contributed by atoms with Crippen molar-refractivity contribution in [1.82, 2.24) is 4.90 Å². The van der Waals surface area contributed by atoms with Crippen LogP contribution in [0.3, 0.4) is 0 Å². The van der Waals surface area contributed by atoms with E-state index in [9.17, 15) is 0 Å². The average molecular weight is 280 g/mol. The lowest BCUT2D eigenvalue weighted by Gasteiger charge is -2.31. The summed E-state index contributed by atoms with van der Waals surface area (Å²) in [7, 11) is 0. The molecule has 0 radical (unpaired) electrons. The summed E-state index contributed by atoms with van der Waals surface area (Å²) in [6.45, 7) is 4.16. The number of piperidine rings is 1. The van der Waals surface area contributed by atoms with E-state index in [0.717, 1.165) is 31.3 Å². The predicted molar refractivity (Wildman–Crippen MR) is 65.5 cm³/mol. The third kappa shape index (κ3) is 5.85. The summed E-state index contributed by atoms with van der Waals surface area (Å²) >= 11 is 3.45. The van der Waals surface area contributed by atoms with Crippen LogP contribution in [0.5, 0.6) is 0 Å². The van der Waals surface area contributed by atoms with Gasteiger partial charge in [0.25, 0.3) is 0 Å². The van der Waals surface area contributed by atoms with Gasteiger partial charge in [-0.1, -0.05) is 15.9 Å². The Labute approximate surface area is 101 Å². The Kier molecular flexibility index (Phi) is 7.61. The predicted octanol–water partition coefficient (Wildman–Crippen LogP) is 1.63. The molecular weight excluding hydrogens is 258 g/mol. The number of likely N-dealkylation sites (tertiary alicyclic amines) is 1. The van der Waals surface area contributed by atoms with Crippen LogP contribution in [0.4, 0.5) is 0 Å². The van der Waals surface area contributed by atoms with Crippen LogP contribution in [0.25, 0.3) is 0 Å². The Morgan fingerprint density at radius 2 is 2.00 bits per heavy atom. The fourth-order valence-corrected chi connectivity index (χ4v) is 2.35. The van der Waals surface area contributed by atoms with E-state index in [1.54, 1.807) is 0 Å². The van der Waals surface area contributed by atoms with Gasteiger partial charge in [0.15, 0.2) is 0 Å². The average Bonchev–Trinajstić information content (AvgIpc) is 2.28. The number of unbranched alkanes of at least 4 members (excludes halogenated alkanes) is 1. The maximum atomic E-state index is 8.65. The van der Waals surface area contributed by atoms with Gasteiger partial charge in [-0.25, -0.2) is 0 Å². The molecule has 1 fully saturated rings. The van der Waals surface area contributed by atoms with Crippen LogP contribution in [-0.2, 0) is 4.74 Å². The highest BCUT2D eigenvalue weighted by Gasteiger charge is 2.18. The maximum absolute atomic E-state index is 8.65. The van der Waals surface area contributed by atoms with Gasteiger partial charge >= 0.3 is 0 Å². The van der Waals surface area contributed by atoms with Crippen molar-refractivity contribution in [3.63, 3.8) is 0 Å². The molecule has 0 spiro atoms. The quantitative estimate of drug-likeness (QED) is 0.568. The van der Waals surface area contributed by atoms with Crippen molar-refractivity contribution < 1.29 is 9.84 Å². The number of hydrogen-bond acceptors (Lipinski definition) is 3. The number of ether oxygens (including phenoxy) is 1. The van der Waals surface area contributed by atoms with Gasteiger partial charge in [-0.15, -0.1) is 0 Å². The minimum atomic E-state index is 0.144. The van der Waals surface area contributed by atoms with E-state index < -0.39 is 0 Å². The van der Waals surface area contributed by atoms with Crippen LogP contribution in [-0.4, -0.2) is 54.3 Å². The zero-order valence-corrected chi connectivity index (χ0v) is 10.9. The van der Waals surface area contributed by atoms with Gasteiger partial charge in [-0.3, -0.25) is 0 Å². The summed E-state index contributed by atoms with van der Waals surface area (Å²) in [6.07, 6.45) is 5.17. The molecule has 1 aliphatic rings. The van der Waals surface area contributed by atoms with Crippen LogP contribution in [0, 0.1) is 0 Å². The Morgan fingerprint density at radius 3 is 2.60 bits per heavy atom. The van der Waals surface area contributed by atoms with E-state index in [1.165, 1.54) is 19.4 Å². The third-order valence-corrected chi connectivity index (χ3v) is 3.40. The van der Waals surface area contributed by atoms with Crippen LogP contribution >= 0.6 is 15.9 Å². The molecule has 90 valence electrons. The van der Waals surface area contributed by atoms with Crippen molar-refractivity contribution >= 4 is 15.9 Å². The molecule has 1 heterocycles. The standard InChI is InChI=1S/C11H22BrNO2/c12-5-1-2-6-13-7-3-11(4-8-13)15-10-9-14/h11,14H,1-10H2. The number of halogens is 1. The highest BCUT2D eigenvalue weighted by atomic mass is 79.9. The molecule has 1 N–H and O–H groups in total. The molecule has 0 bridgehead atoms. The third-order valence-electron chi connectivity index (χ3n) is 2.84. The molecule has 0 saturated carbocycles. The van der Waals surface area contributed by atoms with Crippen molar-refractivity contribution in [1.29, 1.82) is 0 Å². The summed E-state index contributed by atoms with van der Waals surface area (Å²) in [5.74, 6) is 0. The van der Waals surface area contributed by atoms with Gasteiger partial charge in [-0.2, -0.15) is 0 Å². The van der Waals surface area contributed by atoms with Crippen molar-refractivity contribution in [2.24, 2.45) is 0 Å². The van der Waals surface area contributed by atoms with Gasteiger partial charge in [0.2, 0.25) is 0 Å². The molecular formula is C11H22BrNO2. The minimum Gasteiger partial charge on any atom is -0.394 e. The molecule has 0 aromatic rings. The second kappa shape index (κ2) is 8.50. The van der Waals surface area contributed by atoms with Crippen LogP contribution in [0.1, 0.15) is 25.7 Å². The van der Waals surface area contributed by atoms with E-state index in [4.69, 9.17) is 9.84 Å². The number of aliphatic hydroxyl groups excluding tert-OH is 1. The first-order valence-corrected chi connectivity index (χ1v) is 6.99. The van der Waals surface area contributed by atoms with Crippen molar-refractivity contribution in [2.45, 2.75) is 31.8 Å². The summed E-state index contributed by atoms with van der Waals surface area (Å²) < 4.78 is 5.52. The normalized spacial score (nSPS) is 19.6. The SMILES string of the molecule is OCCOC1CCN(CCCCBr)CC1. The van der Waals surface area contributed by atoms with Crippen molar-refractivity contribution in [3.05, 3.63) is 0 Å². The minimum absolute atomic E-state index is 0.144. The number of rotatable bonds is 7.